The van der Waals surface area contributed by atoms with Crippen LogP contribution in [0.4, 0.5) is 0 Å². The van der Waals surface area contributed by atoms with E-state index in [2.05, 4.69) is 43.3 Å². The molecule has 0 aliphatic heterocycles. The number of aryl methyl sites for hydroxylation is 2. The number of rotatable bonds is 6. The van der Waals surface area contributed by atoms with Crippen molar-refractivity contribution in [2.45, 2.75) is 39.5 Å². The molecule has 0 N–H and O–H groups in total. The van der Waals surface area contributed by atoms with Gasteiger partial charge in [-0.1, -0.05) is 67.6 Å². The number of pyridine rings is 1. The van der Waals surface area contributed by atoms with E-state index < -0.39 is 0 Å². The van der Waals surface area contributed by atoms with E-state index in [-0.39, 0.29) is 11.9 Å². The lowest BCUT2D eigenvalue weighted by Crippen LogP contribution is -2.09. The number of hydrogen-bond donors (Lipinski definition) is 0. The Morgan fingerprint density at radius 2 is 1.74 bits per heavy atom. The van der Waals surface area contributed by atoms with E-state index in [1.165, 1.54) is 12.7 Å². The molecule has 0 saturated carbocycles. The van der Waals surface area contributed by atoms with Gasteiger partial charge in [0.2, 0.25) is 0 Å². The number of aromatic nitrogens is 1. The van der Waals surface area contributed by atoms with E-state index in [0.29, 0.717) is 17.0 Å². The second-order valence-electron chi connectivity index (χ2n) is 9.09. The van der Waals surface area contributed by atoms with Gasteiger partial charge in [-0.25, -0.2) is 9.78 Å². The Balaban J connectivity index is 1.75. The molecule has 0 amide bonds. The molecular formula is C31H29NO3. The molecule has 0 radical (unpaired) electrons. The highest BCUT2D eigenvalue weighted by atomic mass is 16.5. The van der Waals surface area contributed by atoms with Crippen molar-refractivity contribution in [3.63, 3.8) is 0 Å². The number of nitrogens with zero attached hydrogens (tertiary/aromatic N) is 1. The number of esters is 1. The number of carbonyl (C=O) groups excluding carboxylic acids is 1. The summed E-state index contributed by atoms with van der Waals surface area (Å²) in [5, 5.41) is 1.92. The maximum atomic E-state index is 13.1. The Labute approximate surface area is 205 Å². The highest BCUT2D eigenvalue weighted by Crippen LogP contribution is 2.38. The Morgan fingerprint density at radius 1 is 1.00 bits per heavy atom. The lowest BCUT2D eigenvalue weighted by atomic mass is 9.85. The molecule has 2 heterocycles. The molecule has 5 aromatic rings. The van der Waals surface area contributed by atoms with E-state index in [1.807, 2.05) is 50.2 Å². The lowest BCUT2D eigenvalue weighted by molar-refractivity contribution is 0.0603. The first-order chi connectivity index (χ1) is 17.0. The summed E-state index contributed by atoms with van der Waals surface area (Å²) < 4.78 is 11.5. The van der Waals surface area contributed by atoms with Crippen molar-refractivity contribution < 1.29 is 13.9 Å². The average Bonchev–Trinajstić information content (AvgIpc) is 3.24. The van der Waals surface area contributed by atoms with Gasteiger partial charge in [0.25, 0.3) is 0 Å². The predicted molar refractivity (Wildman–Crippen MR) is 141 cm³/mol. The van der Waals surface area contributed by atoms with Crippen LogP contribution in [0.3, 0.4) is 0 Å². The smallest absolute Gasteiger partial charge is 0.338 e. The molecule has 0 aliphatic rings. The van der Waals surface area contributed by atoms with Gasteiger partial charge in [0.05, 0.1) is 18.2 Å². The van der Waals surface area contributed by atoms with Crippen molar-refractivity contribution in [1.82, 2.24) is 4.98 Å². The van der Waals surface area contributed by atoms with Crippen molar-refractivity contribution in [2.75, 3.05) is 7.11 Å². The van der Waals surface area contributed by atoms with Crippen molar-refractivity contribution >= 4 is 27.8 Å². The van der Waals surface area contributed by atoms with Crippen LogP contribution in [0.25, 0.3) is 33.3 Å². The van der Waals surface area contributed by atoms with Gasteiger partial charge in [-0.2, -0.15) is 0 Å². The quantitative estimate of drug-likeness (QED) is 0.241. The molecule has 1 atom stereocenters. The highest BCUT2D eigenvalue weighted by molar-refractivity contribution is 6.07. The Kier molecular flexibility index (Phi) is 6.12. The molecule has 0 fully saturated rings. The largest absolute Gasteiger partial charge is 0.465 e. The van der Waals surface area contributed by atoms with Crippen molar-refractivity contribution in [3.8, 4) is 11.5 Å². The molecule has 5 rings (SSSR count). The number of ether oxygens (including phenoxy) is 1. The van der Waals surface area contributed by atoms with Gasteiger partial charge >= 0.3 is 5.97 Å². The Hall–Kier alpha value is -3.92. The first-order valence-electron chi connectivity index (χ1n) is 12.1. The van der Waals surface area contributed by atoms with Crippen molar-refractivity contribution in [1.29, 1.82) is 0 Å². The number of methoxy groups -OCH3 is 1. The van der Waals surface area contributed by atoms with E-state index >= 15 is 0 Å². The Bertz CT molecular complexity index is 1530. The van der Waals surface area contributed by atoms with Crippen LogP contribution in [0.5, 0.6) is 0 Å². The summed E-state index contributed by atoms with van der Waals surface area (Å²) in [5.41, 5.74) is 7.20. The fraction of sp³-hybridized carbons (Fsp3) is 0.226. The molecular weight excluding hydrogens is 434 g/mol. The summed E-state index contributed by atoms with van der Waals surface area (Å²) in [5.74, 6) is 0.553. The van der Waals surface area contributed by atoms with Crippen LogP contribution in [-0.4, -0.2) is 18.1 Å². The minimum Gasteiger partial charge on any atom is -0.465 e. The third kappa shape index (κ3) is 4.10. The van der Waals surface area contributed by atoms with E-state index in [0.717, 1.165) is 51.4 Å². The number of benzene rings is 3. The summed E-state index contributed by atoms with van der Waals surface area (Å²) in [4.78, 5) is 18.2. The number of carbonyl (C=O) groups is 1. The molecule has 0 bridgehead atoms. The monoisotopic (exact) mass is 463 g/mol. The molecule has 3 aromatic carbocycles. The number of para-hydroxylation sites is 1. The van der Waals surface area contributed by atoms with Gasteiger partial charge in [-0.3, -0.25) is 0 Å². The molecule has 1 unspecified atom stereocenters. The van der Waals surface area contributed by atoms with E-state index in [4.69, 9.17) is 14.1 Å². The molecule has 2 aromatic heterocycles. The van der Waals surface area contributed by atoms with Gasteiger partial charge in [0, 0.05) is 16.3 Å². The molecule has 0 spiro atoms. The minimum atomic E-state index is -0.367. The first-order valence-corrected chi connectivity index (χ1v) is 12.1. The number of hydrogen-bond acceptors (Lipinski definition) is 4. The molecule has 4 heteroatoms. The van der Waals surface area contributed by atoms with E-state index in [1.54, 1.807) is 0 Å². The fourth-order valence-corrected chi connectivity index (χ4v) is 5.02. The molecule has 0 saturated heterocycles. The molecule has 176 valence electrons. The Morgan fingerprint density at radius 3 is 2.46 bits per heavy atom. The van der Waals surface area contributed by atoms with E-state index in [9.17, 15) is 4.79 Å². The lowest BCUT2D eigenvalue weighted by Gasteiger charge is -2.20. The zero-order chi connectivity index (χ0) is 24.5. The van der Waals surface area contributed by atoms with Crippen LogP contribution in [0, 0.1) is 13.8 Å². The summed E-state index contributed by atoms with van der Waals surface area (Å²) in [7, 11) is 1.43. The van der Waals surface area contributed by atoms with Gasteiger partial charge in [0.15, 0.2) is 5.76 Å². The summed E-state index contributed by atoms with van der Waals surface area (Å²) in [6.07, 6.45) is 1.83. The van der Waals surface area contributed by atoms with Gasteiger partial charge in [0.1, 0.15) is 11.3 Å². The van der Waals surface area contributed by atoms with Crippen LogP contribution < -0.4 is 0 Å². The SMILES string of the molecule is CCC(Cc1ccccc1)c1ccc(C)c2nc(-c3oc4ccccc4c3C)cc(C(=O)OC)c12. The third-order valence-corrected chi connectivity index (χ3v) is 6.93. The second-order valence-corrected chi connectivity index (χ2v) is 9.09. The minimum absolute atomic E-state index is 0.240. The first kappa shape index (κ1) is 22.9. The van der Waals surface area contributed by atoms with Crippen LogP contribution in [0.15, 0.2) is 77.2 Å². The summed E-state index contributed by atoms with van der Waals surface area (Å²) >= 11 is 0. The van der Waals surface area contributed by atoms with Crippen molar-refractivity contribution in [2.24, 2.45) is 0 Å². The third-order valence-electron chi connectivity index (χ3n) is 6.93. The fourth-order valence-electron chi connectivity index (χ4n) is 5.02. The molecule has 35 heavy (non-hydrogen) atoms. The molecule has 0 aliphatic carbocycles. The second kappa shape index (κ2) is 9.38. The predicted octanol–water partition coefficient (Wildman–Crippen LogP) is 7.79. The summed E-state index contributed by atoms with van der Waals surface area (Å²) in [6, 6.07) is 24.5. The zero-order valence-electron chi connectivity index (χ0n) is 20.6. The van der Waals surface area contributed by atoms with Gasteiger partial charge in [-0.15, -0.1) is 0 Å². The highest BCUT2D eigenvalue weighted by Gasteiger charge is 2.24. The van der Waals surface area contributed by atoms with Crippen molar-refractivity contribution in [3.05, 3.63) is 101 Å². The van der Waals surface area contributed by atoms with Gasteiger partial charge < -0.3 is 9.15 Å². The van der Waals surface area contributed by atoms with Crippen LogP contribution in [0.2, 0.25) is 0 Å². The standard InChI is InChI=1S/C31H29NO3/c1-5-22(17-21-11-7-6-8-12-21)24-16-15-19(2)29-28(24)25(31(33)34-4)18-26(32-29)30-20(3)23-13-9-10-14-27(23)35-30/h6-16,18,22H,5,17H2,1-4H3. The summed E-state index contributed by atoms with van der Waals surface area (Å²) in [6.45, 7) is 6.26. The van der Waals surface area contributed by atoms with Gasteiger partial charge in [-0.05, 0) is 61.4 Å². The topological polar surface area (TPSA) is 52.3 Å². The average molecular weight is 464 g/mol. The molecule has 4 nitrogen and oxygen atoms in total. The number of fused-ring (bicyclic) bond motifs is 2. The number of furan rings is 1. The maximum Gasteiger partial charge on any atom is 0.338 e. The normalized spacial score (nSPS) is 12.2. The maximum absolute atomic E-state index is 13.1. The van der Waals surface area contributed by atoms with Crippen LogP contribution in [0.1, 0.15) is 51.9 Å². The zero-order valence-corrected chi connectivity index (χ0v) is 20.6. The van der Waals surface area contributed by atoms with Crippen LogP contribution >= 0.6 is 0 Å². The van der Waals surface area contributed by atoms with Crippen LogP contribution in [-0.2, 0) is 11.2 Å².